The standard InChI is InChI=1S/C12H16N4O/c1-12(2,13)7-11-15-10(16-17-11)6-9-4-3-5-14-8-9/h3-5,8H,6-7,13H2,1-2H3. The van der Waals surface area contributed by atoms with Gasteiger partial charge in [-0.25, -0.2) is 0 Å². The molecule has 2 N–H and O–H groups in total. The topological polar surface area (TPSA) is 77.8 Å². The van der Waals surface area contributed by atoms with Gasteiger partial charge in [0.1, 0.15) is 0 Å². The Labute approximate surface area is 100 Å². The van der Waals surface area contributed by atoms with Gasteiger partial charge in [0.15, 0.2) is 5.82 Å². The van der Waals surface area contributed by atoms with Crippen LogP contribution in [0.5, 0.6) is 0 Å². The predicted molar refractivity (Wildman–Crippen MR) is 63.3 cm³/mol. The van der Waals surface area contributed by atoms with Gasteiger partial charge in [-0.3, -0.25) is 4.98 Å². The van der Waals surface area contributed by atoms with Gasteiger partial charge in [0, 0.05) is 30.8 Å². The van der Waals surface area contributed by atoms with Crippen LogP contribution >= 0.6 is 0 Å². The van der Waals surface area contributed by atoms with Crippen LogP contribution in [-0.2, 0) is 12.8 Å². The number of hydrogen-bond acceptors (Lipinski definition) is 5. The molecule has 5 heteroatoms. The molecule has 0 atom stereocenters. The first kappa shape index (κ1) is 11.7. The SMILES string of the molecule is CC(C)(N)Cc1nc(Cc2cccnc2)no1. The minimum atomic E-state index is -0.335. The van der Waals surface area contributed by atoms with Gasteiger partial charge in [-0.1, -0.05) is 11.2 Å². The summed E-state index contributed by atoms with van der Waals surface area (Å²) in [7, 11) is 0. The number of hydrogen-bond donors (Lipinski definition) is 1. The lowest BCUT2D eigenvalue weighted by Crippen LogP contribution is -2.34. The number of nitrogens with zero attached hydrogens (tertiary/aromatic N) is 3. The minimum absolute atomic E-state index is 0.335. The van der Waals surface area contributed by atoms with E-state index in [1.165, 1.54) is 0 Å². The molecule has 0 saturated carbocycles. The second kappa shape index (κ2) is 4.63. The molecule has 2 aromatic rings. The highest BCUT2D eigenvalue weighted by atomic mass is 16.5. The number of rotatable bonds is 4. The minimum Gasteiger partial charge on any atom is -0.339 e. The summed E-state index contributed by atoms with van der Waals surface area (Å²) in [4.78, 5) is 8.35. The summed E-state index contributed by atoms with van der Waals surface area (Å²) in [5.41, 5.74) is 6.62. The molecule has 90 valence electrons. The van der Waals surface area contributed by atoms with Crippen LogP contribution in [0.25, 0.3) is 0 Å². The molecule has 0 bridgehead atoms. The zero-order chi connectivity index (χ0) is 12.3. The molecular formula is C12H16N4O. The zero-order valence-electron chi connectivity index (χ0n) is 10.1. The van der Waals surface area contributed by atoms with Crippen molar-refractivity contribution in [3.8, 4) is 0 Å². The molecule has 0 amide bonds. The van der Waals surface area contributed by atoms with E-state index >= 15 is 0 Å². The van der Waals surface area contributed by atoms with Crippen molar-refractivity contribution in [2.45, 2.75) is 32.2 Å². The van der Waals surface area contributed by atoms with Crippen LogP contribution < -0.4 is 5.73 Å². The third-order valence-corrected chi connectivity index (χ3v) is 2.20. The summed E-state index contributed by atoms with van der Waals surface area (Å²) >= 11 is 0. The average Bonchev–Trinajstić information content (AvgIpc) is 2.64. The monoisotopic (exact) mass is 232 g/mol. The Morgan fingerprint density at radius 1 is 1.41 bits per heavy atom. The predicted octanol–water partition coefficient (Wildman–Crippen LogP) is 1.34. The fourth-order valence-electron chi connectivity index (χ4n) is 1.51. The highest BCUT2D eigenvalue weighted by Crippen LogP contribution is 2.10. The summed E-state index contributed by atoms with van der Waals surface area (Å²) in [5.74, 6) is 1.24. The maximum atomic E-state index is 5.89. The Bertz CT molecular complexity index is 473. The van der Waals surface area contributed by atoms with Crippen LogP contribution in [0.4, 0.5) is 0 Å². The normalized spacial score (nSPS) is 11.7. The summed E-state index contributed by atoms with van der Waals surface area (Å²) in [6.07, 6.45) is 4.74. The first-order chi connectivity index (χ1) is 8.03. The molecule has 5 nitrogen and oxygen atoms in total. The van der Waals surface area contributed by atoms with E-state index in [1.807, 2.05) is 26.0 Å². The molecule has 0 saturated heterocycles. The molecule has 2 aromatic heterocycles. The van der Waals surface area contributed by atoms with Crippen molar-refractivity contribution in [2.75, 3.05) is 0 Å². The van der Waals surface area contributed by atoms with Gasteiger partial charge in [0.05, 0.1) is 0 Å². The van der Waals surface area contributed by atoms with E-state index in [0.717, 1.165) is 5.56 Å². The molecule has 0 unspecified atom stereocenters. The maximum Gasteiger partial charge on any atom is 0.228 e. The molecule has 0 aliphatic carbocycles. The number of nitrogens with two attached hydrogens (primary N) is 1. The maximum absolute atomic E-state index is 5.89. The van der Waals surface area contributed by atoms with Crippen LogP contribution in [0.3, 0.4) is 0 Å². The van der Waals surface area contributed by atoms with Crippen molar-refractivity contribution in [1.82, 2.24) is 15.1 Å². The van der Waals surface area contributed by atoms with Crippen molar-refractivity contribution >= 4 is 0 Å². The summed E-state index contributed by atoms with van der Waals surface area (Å²) in [6, 6.07) is 3.87. The van der Waals surface area contributed by atoms with Crippen molar-refractivity contribution in [3.63, 3.8) is 0 Å². The highest BCUT2D eigenvalue weighted by Gasteiger charge is 2.17. The fourth-order valence-corrected chi connectivity index (χ4v) is 1.51. The number of pyridine rings is 1. The first-order valence-corrected chi connectivity index (χ1v) is 5.52. The molecular weight excluding hydrogens is 216 g/mol. The Kier molecular flexibility index (Phi) is 3.19. The van der Waals surface area contributed by atoms with Gasteiger partial charge in [-0.15, -0.1) is 0 Å². The largest absolute Gasteiger partial charge is 0.339 e. The van der Waals surface area contributed by atoms with Gasteiger partial charge >= 0.3 is 0 Å². The first-order valence-electron chi connectivity index (χ1n) is 5.52. The van der Waals surface area contributed by atoms with Crippen LogP contribution in [0.2, 0.25) is 0 Å². The second-order valence-corrected chi connectivity index (χ2v) is 4.81. The molecule has 0 fully saturated rings. The highest BCUT2D eigenvalue weighted by molar-refractivity contribution is 5.13. The van der Waals surface area contributed by atoms with E-state index in [1.54, 1.807) is 12.4 Å². The molecule has 0 radical (unpaired) electrons. The quantitative estimate of drug-likeness (QED) is 0.860. The molecule has 0 aliphatic heterocycles. The second-order valence-electron chi connectivity index (χ2n) is 4.81. The van der Waals surface area contributed by atoms with Gasteiger partial charge in [-0.05, 0) is 25.5 Å². The van der Waals surface area contributed by atoms with Gasteiger partial charge in [0.2, 0.25) is 5.89 Å². The molecule has 2 heterocycles. The van der Waals surface area contributed by atoms with Gasteiger partial charge < -0.3 is 10.3 Å². The molecule has 17 heavy (non-hydrogen) atoms. The third kappa shape index (κ3) is 3.64. The Balaban J connectivity index is 2.04. The lowest BCUT2D eigenvalue weighted by molar-refractivity contribution is 0.345. The van der Waals surface area contributed by atoms with E-state index in [-0.39, 0.29) is 5.54 Å². The van der Waals surface area contributed by atoms with Crippen molar-refractivity contribution < 1.29 is 4.52 Å². The Morgan fingerprint density at radius 2 is 2.24 bits per heavy atom. The van der Waals surface area contributed by atoms with Crippen LogP contribution in [0, 0.1) is 0 Å². The molecule has 0 aliphatic rings. The fraction of sp³-hybridized carbons (Fsp3) is 0.417. The van der Waals surface area contributed by atoms with E-state index in [4.69, 9.17) is 10.3 Å². The molecule has 2 rings (SSSR count). The Hall–Kier alpha value is -1.75. The van der Waals surface area contributed by atoms with Gasteiger partial charge in [0.25, 0.3) is 0 Å². The number of aromatic nitrogens is 3. The van der Waals surface area contributed by atoms with E-state index in [9.17, 15) is 0 Å². The van der Waals surface area contributed by atoms with Crippen molar-refractivity contribution in [1.29, 1.82) is 0 Å². The molecule has 0 spiro atoms. The van der Waals surface area contributed by atoms with Crippen molar-refractivity contribution in [3.05, 3.63) is 41.8 Å². The van der Waals surface area contributed by atoms with Crippen LogP contribution in [0.15, 0.2) is 29.0 Å². The smallest absolute Gasteiger partial charge is 0.228 e. The third-order valence-electron chi connectivity index (χ3n) is 2.20. The van der Waals surface area contributed by atoms with Crippen molar-refractivity contribution in [2.24, 2.45) is 5.73 Å². The van der Waals surface area contributed by atoms with Crippen LogP contribution in [-0.4, -0.2) is 20.7 Å². The lowest BCUT2D eigenvalue weighted by atomic mass is 10.0. The Morgan fingerprint density at radius 3 is 2.88 bits per heavy atom. The lowest BCUT2D eigenvalue weighted by Gasteiger charge is -2.14. The summed E-state index contributed by atoms with van der Waals surface area (Å²) < 4.78 is 5.15. The summed E-state index contributed by atoms with van der Waals surface area (Å²) in [5, 5.41) is 3.93. The molecule has 0 aromatic carbocycles. The van der Waals surface area contributed by atoms with E-state index in [0.29, 0.717) is 24.6 Å². The average molecular weight is 232 g/mol. The van der Waals surface area contributed by atoms with E-state index < -0.39 is 0 Å². The summed E-state index contributed by atoms with van der Waals surface area (Å²) in [6.45, 7) is 3.86. The van der Waals surface area contributed by atoms with Crippen LogP contribution in [0.1, 0.15) is 31.1 Å². The zero-order valence-corrected chi connectivity index (χ0v) is 10.1. The van der Waals surface area contributed by atoms with Gasteiger partial charge in [-0.2, -0.15) is 4.98 Å². The van der Waals surface area contributed by atoms with E-state index in [2.05, 4.69) is 15.1 Å².